The minimum Gasteiger partial charge on any atom is -0.438 e. The number of amides is 2. The van der Waals surface area contributed by atoms with E-state index in [4.69, 9.17) is 9.15 Å². The summed E-state index contributed by atoms with van der Waals surface area (Å²) in [6.07, 6.45) is 5.16. The molecule has 0 spiro atoms. The first-order chi connectivity index (χ1) is 13.1. The second-order valence-corrected chi connectivity index (χ2v) is 7.41. The number of carbonyl (C=O) groups is 2. The average Bonchev–Trinajstić information content (AvgIpc) is 3.13. The Hall–Kier alpha value is -1.93. The van der Waals surface area contributed by atoms with E-state index in [1.165, 1.54) is 6.39 Å². The van der Waals surface area contributed by atoms with E-state index < -0.39 is 0 Å². The van der Waals surface area contributed by atoms with Crippen molar-refractivity contribution >= 4 is 11.8 Å². The van der Waals surface area contributed by atoms with Crippen molar-refractivity contribution in [2.45, 2.75) is 38.6 Å². The van der Waals surface area contributed by atoms with E-state index >= 15 is 0 Å². The molecule has 3 rings (SSSR count). The molecule has 3 heterocycles. The average molecular weight is 378 g/mol. The Kier molecular flexibility index (Phi) is 6.84. The molecule has 27 heavy (non-hydrogen) atoms. The number of ether oxygens (including phenoxy) is 1. The fourth-order valence-electron chi connectivity index (χ4n) is 4.06. The summed E-state index contributed by atoms with van der Waals surface area (Å²) in [7, 11) is 1.63. The molecule has 0 aliphatic carbocycles. The number of aromatic nitrogens is 1. The van der Waals surface area contributed by atoms with Crippen LogP contribution in [-0.4, -0.2) is 79.1 Å². The Morgan fingerprint density at radius 3 is 2.74 bits per heavy atom. The maximum Gasteiger partial charge on any atom is 0.291 e. The number of rotatable bonds is 6. The second kappa shape index (κ2) is 9.32. The number of aryl methyl sites for hydroxylation is 1. The molecule has 2 amide bonds. The first kappa shape index (κ1) is 19.8. The van der Waals surface area contributed by atoms with Crippen LogP contribution < -0.4 is 5.32 Å². The van der Waals surface area contributed by atoms with E-state index in [1.54, 1.807) is 14.0 Å². The highest BCUT2D eigenvalue weighted by molar-refractivity contribution is 5.92. The van der Waals surface area contributed by atoms with Gasteiger partial charge in [0.05, 0.1) is 18.2 Å². The Morgan fingerprint density at radius 1 is 1.30 bits per heavy atom. The molecule has 1 unspecified atom stereocenters. The smallest absolute Gasteiger partial charge is 0.291 e. The molecule has 2 aliphatic rings. The van der Waals surface area contributed by atoms with Crippen molar-refractivity contribution in [3.05, 3.63) is 17.8 Å². The second-order valence-electron chi connectivity index (χ2n) is 7.41. The number of hydrogen-bond donors (Lipinski definition) is 1. The lowest BCUT2D eigenvalue weighted by Gasteiger charge is -2.41. The normalized spacial score (nSPS) is 22.0. The number of hydrogen-bond acceptors (Lipinski definition) is 6. The summed E-state index contributed by atoms with van der Waals surface area (Å²) in [6.45, 7) is 6.15. The molecule has 2 aliphatic heterocycles. The van der Waals surface area contributed by atoms with Crippen molar-refractivity contribution in [1.82, 2.24) is 20.1 Å². The molecule has 1 N–H and O–H groups in total. The lowest BCUT2D eigenvalue weighted by atomic mass is 9.93. The minimum atomic E-state index is -0.0718. The molecular formula is C19H30N4O4. The highest BCUT2D eigenvalue weighted by Gasteiger charge is 2.33. The molecule has 2 saturated heterocycles. The molecule has 2 fully saturated rings. The Balaban J connectivity index is 1.48. The van der Waals surface area contributed by atoms with Gasteiger partial charge in [-0.15, -0.1) is 0 Å². The summed E-state index contributed by atoms with van der Waals surface area (Å²) in [5, 5.41) is 2.96. The van der Waals surface area contributed by atoms with Crippen LogP contribution in [0.1, 0.15) is 41.9 Å². The van der Waals surface area contributed by atoms with Crippen LogP contribution in [0.3, 0.4) is 0 Å². The summed E-state index contributed by atoms with van der Waals surface area (Å²) in [4.78, 5) is 33.2. The van der Waals surface area contributed by atoms with Crippen molar-refractivity contribution in [3.63, 3.8) is 0 Å². The highest BCUT2D eigenvalue weighted by atomic mass is 16.5. The van der Waals surface area contributed by atoms with E-state index in [1.807, 2.05) is 4.90 Å². The fourth-order valence-corrected chi connectivity index (χ4v) is 4.06. The molecule has 150 valence electrons. The van der Waals surface area contributed by atoms with E-state index in [0.29, 0.717) is 43.7 Å². The van der Waals surface area contributed by atoms with Crippen molar-refractivity contribution in [2.75, 3.05) is 46.4 Å². The summed E-state index contributed by atoms with van der Waals surface area (Å²) >= 11 is 0. The topological polar surface area (TPSA) is 87.9 Å². The molecule has 0 aromatic carbocycles. The minimum absolute atomic E-state index is 0.0483. The molecule has 0 saturated carbocycles. The number of methoxy groups -OCH3 is 1. The molecule has 1 aromatic rings. The SMILES string of the molecule is COCCNC(=O)C1CCCN(C2CCN(C(=O)c3ocnc3C)CC2)C1. The molecule has 1 atom stereocenters. The van der Waals surface area contributed by atoms with Crippen molar-refractivity contribution < 1.29 is 18.7 Å². The number of piperidine rings is 2. The van der Waals surface area contributed by atoms with Crippen LogP contribution in [0.4, 0.5) is 0 Å². The van der Waals surface area contributed by atoms with Crippen LogP contribution in [0.15, 0.2) is 10.8 Å². The van der Waals surface area contributed by atoms with Gasteiger partial charge in [-0.05, 0) is 39.2 Å². The van der Waals surface area contributed by atoms with Crippen molar-refractivity contribution in [3.8, 4) is 0 Å². The predicted octanol–water partition coefficient (Wildman–Crippen LogP) is 1.06. The quantitative estimate of drug-likeness (QED) is 0.745. The molecule has 1 aromatic heterocycles. The van der Waals surface area contributed by atoms with Gasteiger partial charge in [0.15, 0.2) is 6.39 Å². The third-order valence-electron chi connectivity index (χ3n) is 5.64. The Bertz CT molecular complexity index is 639. The zero-order valence-corrected chi connectivity index (χ0v) is 16.3. The van der Waals surface area contributed by atoms with Crippen LogP contribution in [0.2, 0.25) is 0 Å². The summed E-state index contributed by atoms with van der Waals surface area (Å²) in [6, 6.07) is 0.430. The van der Waals surface area contributed by atoms with Crippen molar-refractivity contribution in [2.24, 2.45) is 5.92 Å². The molecule has 0 radical (unpaired) electrons. The van der Waals surface area contributed by atoms with Gasteiger partial charge in [0.1, 0.15) is 0 Å². The standard InChI is InChI=1S/C19H30N4O4/c1-14-17(27-13-21-14)19(25)22-9-5-16(6-10-22)23-8-3-4-15(12-23)18(24)20-7-11-26-2/h13,15-16H,3-12H2,1-2H3,(H,20,24). The molecule has 8 heteroatoms. The summed E-state index contributed by atoms with van der Waals surface area (Å²) < 4.78 is 10.2. The van der Waals surface area contributed by atoms with Gasteiger partial charge in [-0.25, -0.2) is 4.98 Å². The van der Waals surface area contributed by atoms with Gasteiger partial charge >= 0.3 is 0 Å². The van der Waals surface area contributed by atoms with Crippen LogP contribution in [0, 0.1) is 12.8 Å². The highest BCUT2D eigenvalue weighted by Crippen LogP contribution is 2.25. The number of oxazole rings is 1. The maximum absolute atomic E-state index is 12.5. The predicted molar refractivity (Wildman–Crippen MR) is 99.3 cm³/mol. The molecule has 8 nitrogen and oxygen atoms in total. The third kappa shape index (κ3) is 4.87. The zero-order valence-electron chi connectivity index (χ0n) is 16.3. The van der Waals surface area contributed by atoms with Gasteiger partial charge in [0.2, 0.25) is 11.7 Å². The monoisotopic (exact) mass is 378 g/mol. The van der Waals surface area contributed by atoms with E-state index in [2.05, 4.69) is 15.2 Å². The first-order valence-corrected chi connectivity index (χ1v) is 9.80. The first-order valence-electron chi connectivity index (χ1n) is 9.80. The van der Waals surface area contributed by atoms with Gasteiger partial charge in [-0.1, -0.05) is 0 Å². The van der Waals surface area contributed by atoms with Gasteiger partial charge < -0.3 is 19.4 Å². The van der Waals surface area contributed by atoms with Gasteiger partial charge in [-0.3, -0.25) is 14.5 Å². The summed E-state index contributed by atoms with van der Waals surface area (Å²) in [5.41, 5.74) is 0.639. The van der Waals surface area contributed by atoms with Gasteiger partial charge in [0.25, 0.3) is 5.91 Å². The van der Waals surface area contributed by atoms with Gasteiger partial charge in [-0.2, -0.15) is 0 Å². The van der Waals surface area contributed by atoms with Crippen LogP contribution >= 0.6 is 0 Å². The largest absolute Gasteiger partial charge is 0.438 e. The maximum atomic E-state index is 12.5. The number of likely N-dealkylation sites (tertiary alicyclic amines) is 2. The lowest BCUT2D eigenvalue weighted by Crippen LogP contribution is -2.51. The fraction of sp³-hybridized carbons (Fsp3) is 0.737. The Labute approximate surface area is 160 Å². The van der Waals surface area contributed by atoms with Crippen molar-refractivity contribution in [1.29, 1.82) is 0 Å². The van der Waals surface area contributed by atoms with E-state index in [0.717, 1.165) is 38.8 Å². The van der Waals surface area contributed by atoms with Crippen LogP contribution in [-0.2, 0) is 9.53 Å². The lowest BCUT2D eigenvalue weighted by molar-refractivity contribution is -0.127. The number of nitrogens with zero attached hydrogens (tertiary/aromatic N) is 3. The number of nitrogens with one attached hydrogen (secondary N) is 1. The van der Waals surface area contributed by atoms with Gasteiger partial charge in [0, 0.05) is 39.3 Å². The number of carbonyl (C=O) groups excluding carboxylic acids is 2. The molecular weight excluding hydrogens is 348 g/mol. The van der Waals surface area contributed by atoms with Crippen LogP contribution in [0.25, 0.3) is 0 Å². The van der Waals surface area contributed by atoms with E-state index in [9.17, 15) is 9.59 Å². The Morgan fingerprint density at radius 2 is 2.07 bits per heavy atom. The third-order valence-corrected chi connectivity index (χ3v) is 5.64. The summed E-state index contributed by atoms with van der Waals surface area (Å²) in [5.74, 6) is 0.453. The zero-order chi connectivity index (χ0) is 19.2. The molecule has 0 bridgehead atoms. The van der Waals surface area contributed by atoms with E-state index in [-0.39, 0.29) is 17.7 Å². The van der Waals surface area contributed by atoms with Crippen LogP contribution in [0.5, 0.6) is 0 Å².